The normalized spacial score (nSPS) is 20.9. The first-order valence-corrected chi connectivity index (χ1v) is 13.8. The minimum absolute atomic E-state index is 0.0406. The van der Waals surface area contributed by atoms with Gasteiger partial charge in [-0.05, 0) is 37.8 Å². The third-order valence-corrected chi connectivity index (χ3v) is 7.74. The Kier molecular flexibility index (Phi) is 7.36. The van der Waals surface area contributed by atoms with Gasteiger partial charge in [0.05, 0.1) is 24.2 Å². The molecule has 0 bridgehead atoms. The fourth-order valence-corrected chi connectivity index (χ4v) is 5.59. The molecule has 2 N–H and O–H groups in total. The molecule has 37 heavy (non-hydrogen) atoms. The van der Waals surface area contributed by atoms with E-state index in [-0.39, 0.29) is 17.9 Å². The number of ether oxygens (including phenoxy) is 1. The number of benzene rings is 1. The standard InChI is InChI=1S/C24H29F2N7O3S/c1-2-37(34,35)31-17-9-7-16(8-10-17)27-20-15-21(30-24(29-20)32-11-13-36-14-12-32)33-19-6-4-3-5-18(19)28-23(33)22(25)26/h2-6,15-17,22,31H,1,7-14H2,(H,27,29,30). The van der Waals surface area contributed by atoms with Gasteiger partial charge < -0.3 is 15.0 Å². The van der Waals surface area contributed by atoms with E-state index in [0.717, 1.165) is 5.41 Å². The number of hydrogen-bond acceptors (Lipinski definition) is 8. The Bertz CT molecular complexity index is 1370. The van der Waals surface area contributed by atoms with Crippen LogP contribution in [0, 0.1) is 0 Å². The van der Waals surface area contributed by atoms with Crippen LogP contribution in [-0.4, -0.2) is 66.3 Å². The van der Waals surface area contributed by atoms with Gasteiger partial charge in [-0.25, -0.2) is 26.9 Å². The second kappa shape index (κ2) is 10.7. The molecule has 0 atom stereocenters. The van der Waals surface area contributed by atoms with Gasteiger partial charge in [0.15, 0.2) is 5.82 Å². The topological polar surface area (TPSA) is 114 Å². The number of nitrogens with zero attached hydrogens (tertiary/aromatic N) is 5. The van der Waals surface area contributed by atoms with Gasteiger partial charge in [-0.2, -0.15) is 9.97 Å². The lowest BCUT2D eigenvalue weighted by Gasteiger charge is -2.30. The van der Waals surface area contributed by atoms with E-state index in [4.69, 9.17) is 9.72 Å². The number of morpholine rings is 1. The third kappa shape index (κ3) is 5.73. The van der Waals surface area contributed by atoms with Crippen LogP contribution in [0.25, 0.3) is 16.9 Å². The molecular formula is C24H29F2N7O3S. The smallest absolute Gasteiger partial charge is 0.296 e. The van der Waals surface area contributed by atoms with Crippen molar-refractivity contribution in [3.8, 4) is 5.82 Å². The van der Waals surface area contributed by atoms with Gasteiger partial charge in [0.25, 0.3) is 6.43 Å². The van der Waals surface area contributed by atoms with Crippen molar-refractivity contribution < 1.29 is 21.9 Å². The van der Waals surface area contributed by atoms with Crippen molar-refractivity contribution in [1.82, 2.24) is 24.2 Å². The maximum absolute atomic E-state index is 14.0. The van der Waals surface area contributed by atoms with Crippen LogP contribution in [0.3, 0.4) is 0 Å². The van der Waals surface area contributed by atoms with Crippen LogP contribution in [0.5, 0.6) is 0 Å². The molecule has 0 spiro atoms. The van der Waals surface area contributed by atoms with Crippen LogP contribution in [0.4, 0.5) is 20.5 Å². The maximum atomic E-state index is 14.0. The van der Waals surface area contributed by atoms with Crippen LogP contribution in [0.15, 0.2) is 42.3 Å². The van der Waals surface area contributed by atoms with Crippen molar-refractivity contribution >= 4 is 32.8 Å². The summed E-state index contributed by atoms with van der Waals surface area (Å²) in [5.74, 6) is 0.859. The van der Waals surface area contributed by atoms with E-state index in [0.29, 0.717) is 80.6 Å². The molecule has 5 rings (SSSR count). The van der Waals surface area contributed by atoms with Gasteiger partial charge in [0.2, 0.25) is 16.0 Å². The highest BCUT2D eigenvalue weighted by Gasteiger charge is 2.26. The molecule has 10 nitrogen and oxygen atoms in total. The Hall–Kier alpha value is -3.16. The molecule has 1 saturated carbocycles. The monoisotopic (exact) mass is 533 g/mol. The highest BCUT2D eigenvalue weighted by molar-refractivity contribution is 7.92. The molecule has 3 heterocycles. The number of fused-ring (bicyclic) bond motifs is 1. The van der Waals surface area contributed by atoms with E-state index in [1.807, 2.05) is 4.90 Å². The van der Waals surface area contributed by atoms with Crippen LogP contribution < -0.4 is 14.9 Å². The Morgan fingerprint density at radius 2 is 1.76 bits per heavy atom. The molecule has 0 amide bonds. The molecule has 3 aromatic rings. The van der Waals surface area contributed by atoms with Gasteiger partial charge in [0, 0.05) is 36.6 Å². The van der Waals surface area contributed by atoms with Crippen molar-refractivity contribution in [2.24, 2.45) is 0 Å². The first-order valence-electron chi connectivity index (χ1n) is 12.2. The summed E-state index contributed by atoms with van der Waals surface area (Å²) in [4.78, 5) is 15.5. The second-order valence-electron chi connectivity index (χ2n) is 9.13. The minimum Gasteiger partial charge on any atom is -0.378 e. The van der Waals surface area contributed by atoms with Crippen molar-refractivity contribution in [3.63, 3.8) is 0 Å². The summed E-state index contributed by atoms with van der Waals surface area (Å²) in [6.45, 7) is 5.56. The zero-order valence-electron chi connectivity index (χ0n) is 20.2. The van der Waals surface area contributed by atoms with E-state index in [2.05, 4.69) is 26.6 Å². The van der Waals surface area contributed by atoms with E-state index >= 15 is 0 Å². The number of imidazole rings is 1. The fourth-order valence-electron chi connectivity index (χ4n) is 4.79. The summed E-state index contributed by atoms with van der Waals surface area (Å²) in [5, 5.41) is 4.35. The van der Waals surface area contributed by atoms with Crippen LogP contribution in [0.1, 0.15) is 37.9 Å². The molecular weight excluding hydrogens is 504 g/mol. The average molecular weight is 534 g/mol. The fraction of sp³-hybridized carbons (Fsp3) is 0.458. The van der Waals surface area contributed by atoms with E-state index in [9.17, 15) is 17.2 Å². The Morgan fingerprint density at radius 3 is 2.46 bits per heavy atom. The van der Waals surface area contributed by atoms with Gasteiger partial charge in [-0.1, -0.05) is 18.7 Å². The molecule has 0 unspecified atom stereocenters. The molecule has 2 aromatic heterocycles. The molecule has 1 aromatic carbocycles. The molecule has 198 valence electrons. The van der Waals surface area contributed by atoms with Crippen LogP contribution in [0.2, 0.25) is 0 Å². The highest BCUT2D eigenvalue weighted by Crippen LogP contribution is 2.30. The first-order chi connectivity index (χ1) is 17.8. The summed E-state index contributed by atoms with van der Waals surface area (Å²) >= 11 is 0. The number of anilines is 2. The molecule has 13 heteroatoms. The van der Waals surface area contributed by atoms with Gasteiger partial charge in [-0.15, -0.1) is 0 Å². The second-order valence-corrected chi connectivity index (χ2v) is 10.8. The number of para-hydroxylation sites is 2. The van der Waals surface area contributed by atoms with Gasteiger partial charge >= 0.3 is 0 Å². The molecule has 1 aliphatic carbocycles. The lowest BCUT2D eigenvalue weighted by molar-refractivity contribution is 0.122. The number of rotatable bonds is 8. The van der Waals surface area contributed by atoms with Crippen molar-refractivity contribution in [2.45, 2.75) is 44.2 Å². The minimum atomic E-state index is -3.49. The summed E-state index contributed by atoms with van der Waals surface area (Å²) in [6.07, 6.45) is -0.0543. The van der Waals surface area contributed by atoms with Crippen molar-refractivity contribution in [3.05, 3.63) is 48.1 Å². The van der Waals surface area contributed by atoms with Crippen LogP contribution >= 0.6 is 0 Å². The van der Waals surface area contributed by atoms with Crippen molar-refractivity contribution in [2.75, 3.05) is 36.5 Å². The summed E-state index contributed by atoms with van der Waals surface area (Å²) in [5.41, 5.74) is 0.990. The third-order valence-electron chi connectivity index (χ3n) is 6.64. The molecule has 1 saturated heterocycles. The number of sulfonamides is 1. The number of halogens is 2. The number of alkyl halides is 2. The zero-order chi connectivity index (χ0) is 26.0. The number of hydrogen-bond donors (Lipinski definition) is 2. The SMILES string of the molecule is C=CS(=O)(=O)NC1CCC(Nc2cc(-n3c(C(F)F)nc4ccccc43)nc(N3CCOCC3)n2)CC1. The summed E-state index contributed by atoms with van der Waals surface area (Å²) in [7, 11) is -3.49. The molecule has 2 aliphatic rings. The van der Waals surface area contributed by atoms with Gasteiger partial charge in [-0.3, -0.25) is 4.57 Å². The Morgan fingerprint density at radius 1 is 1.05 bits per heavy atom. The summed E-state index contributed by atoms with van der Waals surface area (Å²) in [6, 6.07) is 8.51. The van der Waals surface area contributed by atoms with Crippen molar-refractivity contribution in [1.29, 1.82) is 0 Å². The Labute approximate surface area is 213 Å². The average Bonchev–Trinajstić information content (AvgIpc) is 3.30. The molecule has 0 radical (unpaired) electrons. The predicted molar refractivity (Wildman–Crippen MR) is 137 cm³/mol. The zero-order valence-corrected chi connectivity index (χ0v) is 21.0. The highest BCUT2D eigenvalue weighted by atomic mass is 32.2. The molecule has 2 fully saturated rings. The van der Waals surface area contributed by atoms with Gasteiger partial charge in [0.1, 0.15) is 11.6 Å². The Balaban J connectivity index is 1.46. The first kappa shape index (κ1) is 25.5. The summed E-state index contributed by atoms with van der Waals surface area (Å²) < 4.78 is 61.2. The van der Waals surface area contributed by atoms with E-state index < -0.39 is 16.4 Å². The molecule has 1 aliphatic heterocycles. The lowest BCUT2D eigenvalue weighted by Crippen LogP contribution is -2.39. The quantitative estimate of drug-likeness (QED) is 0.453. The lowest BCUT2D eigenvalue weighted by atomic mass is 9.92. The van der Waals surface area contributed by atoms with Crippen LogP contribution in [-0.2, 0) is 14.8 Å². The number of aromatic nitrogens is 4. The predicted octanol–water partition coefficient (Wildman–Crippen LogP) is 3.38. The van der Waals surface area contributed by atoms with E-state index in [1.54, 1.807) is 30.3 Å². The van der Waals surface area contributed by atoms with E-state index in [1.165, 1.54) is 4.57 Å². The largest absolute Gasteiger partial charge is 0.378 e. The maximum Gasteiger partial charge on any atom is 0.296 e. The number of nitrogens with one attached hydrogen (secondary N) is 2.